The fourth-order valence-corrected chi connectivity index (χ4v) is 1.37. The molecular formula is C12H24N2O3. The number of carboxylic acid groups (broad SMARTS) is 1. The number of unbranched alkanes of at least 4 members (excludes halogenated alkanes) is 1. The predicted octanol–water partition coefficient (Wildman–Crippen LogP) is 0.358. The number of carbonyl (C=O) groups is 1. The molecule has 0 bridgehead atoms. The first-order valence-electron chi connectivity index (χ1n) is 6.09. The quantitative estimate of drug-likeness (QED) is 0.294. The summed E-state index contributed by atoms with van der Waals surface area (Å²) in [6, 6.07) is 0. The van der Waals surface area contributed by atoms with Crippen LogP contribution in [0.25, 0.3) is 0 Å². The predicted molar refractivity (Wildman–Crippen MR) is 68.0 cm³/mol. The zero-order valence-corrected chi connectivity index (χ0v) is 10.3. The van der Waals surface area contributed by atoms with Gasteiger partial charge in [-0.25, -0.2) is 0 Å². The van der Waals surface area contributed by atoms with Gasteiger partial charge in [0.25, 0.3) is 0 Å². The van der Waals surface area contributed by atoms with Gasteiger partial charge in [0.05, 0.1) is 12.5 Å². The molecule has 0 aliphatic heterocycles. The Morgan fingerprint density at radius 3 is 2.65 bits per heavy atom. The average molecular weight is 244 g/mol. The van der Waals surface area contributed by atoms with Crippen molar-refractivity contribution < 1.29 is 15.0 Å². The summed E-state index contributed by atoms with van der Waals surface area (Å²) < 4.78 is 0. The van der Waals surface area contributed by atoms with Crippen LogP contribution in [0.3, 0.4) is 0 Å². The standard InChI is InChI=1S/C12H24N2O3/c1-2-3-4-5-11(15)10-14-9-8-13-7-6-12(16)17/h2,11,13-15H,1,3-10H2,(H,16,17). The highest BCUT2D eigenvalue weighted by molar-refractivity contribution is 5.66. The Morgan fingerprint density at radius 1 is 1.29 bits per heavy atom. The van der Waals surface area contributed by atoms with E-state index in [4.69, 9.17) is 5.11 Å². The van der Waals surface area contributed by atoms with Crippen molar-refractivity contribution in [1.29, 1.82) is 0 Å². The molecule has 0 heterocycles. The van der Waals surface area contributed by atoms with E-state index in [0.29, 0.717) is 19.6 Å². The van der Waals surface area contributed by atoms with Crippen LogP contribution >= 0.6 is 0 Å². The first-order chi connectivity index (χ1) is 8.16. The lowest BCUT2D eigenvalue weighted by molar-refractivity contribution is -0.136. The average Bonchev–Trinajstić information content (AvgIpc) is 2.28. The summed E-state index contributed by atoms with van der Waals surface area (Å²) in [4.78, 5) is 10.2. The van der Waals surface area contributed by atoms with Gasteiger partial charge in [-0.05, 0) is 19.3 Å². The topological polar surface area (TPSA) is 81.6 Å². The molecule has 5 nitrogen and oxygen atoms in total. The summed E-state index contributed by atoms with van der Waals surface area (Å²) in [6.07, 6.45) is 4.37. The molecule has 0 saturated carbocycles. The molecule has 0 aromatic rings. The van der Waals surface area contributed by atoms with E-state index >= 15 is 0 Å². The van der Waals surface area contributed by atoms with Gasteiger partial charge in [-0.15, -0.1) is 6.58 Å². The maximum Gasteiger partial charge on any atom is 0.304 e. The van der Waals surface area contributed by atoms with E-state index < -0.39 is 5.97 Å². The third-order valence-electron chi connectivity index (χ3n) is 2.32. The van der Waals surface area contributed by atoms with Gasteiger partial charge in [-0.3, -0.25) is 4.79 Å². The first-order valence-corrected chi connectivity index (χ1v) is 6.09. The second kappa shape index (κ2) is 11.6. The SMILES string of the molecule is C=CCCCC(O)CNCCNCCC(=O)O. The molecule has 0 aromatic carbocycles. The van der Waals surface area contributed by atoms with E-state index in [1.165, 1.54) is 0 Å². The molecule has 0 aliphatic rings. The van der Waals surface area contributed by atoms with Crippen molar-refractivity contribution in [3.05, 3.63) is 12.7 Å². The van der Waals surface area contributed by atoms with Gasteiger partial charge in [0, 0.05) is 26.2 Å². The molecule has 0 radical (unpaired) electrons. The minimum Gasteiger partial charge on any atom is -0.481 e. The summed E-state index contributed by atoms with van der Waals surface area (Å²) in [5.41, 5.74) is 0. The van der Waals surface area contributed by atoms with Crippen molar-refractivity contribution >= 4 is 5.97 Å². The van der Waals surface area contributed by atoms with Gasteiger partial charge >= 0.3 is 5.97 Å². The van der Waals surface area contributed by atoms with Crippen LogP contribution in [0.1, 0.15) is 25.7 Å². The number of rotatable bonds is 12. The molecule has 0 aromatic heterocycles. The Bertz CT molecular complexity index is 210. The summed E-state index contributed by atoms with van der Waals surface area (Å²) in [7, 11) is 0. The van der Waals surface area contributed by atoms with Gasteiger partial charge in [0.2, 0.25) is 0 Å². The van der Waals surface area contributed by atoms with Crippen LogP contribution in [0.5, 0.6) is 0 Å². The van der Waals surface area contributed by atoms with E-state index in [9.17, 15) is 9.90 Å². The fraction of sp³-hybridized carbons (Fsp3) is 0.750. The van der Waals surface area contributed by atoms with Gasteiger partial charge in [-0.1, -0.05) is 6.08 Å². The van der Waals surface area contributed by atoms with Crippen molar-refractivity contribution in [3.8, 4) is 0 Å². The van der Waals surface area contributed by atoms with Crippen molar-refractivity contribution in [2.75, 3.05) is 26.2 Å². The Hall–Kier alpha value is -0.910. The maximum absolute atomic E-state index is 10.2. The van der Waals surface area contributed by atoms with Crippen molar-refractivity contribution in [2.45, 2.75) is 31.8 Å². The number of aliphatic hydroxyl groups excluding tert-OH is 1. The number of aliphatic hydroxyl groups is 1. The monoisotopic (exact) mass is 244 g/mol. The third kappa shape index (κ3) is 13.0. The first kappa shape index (κ1) is 16.1. The van der Waals surface area contributed by atoms with E-state index in [-0.39, 0.29) is 12.5 Å². The zero-order chi connectivity index (χ0) is 12.9. The van der Waals surface area contributed by atoms with Gasteiger partial charge in [0.1, 0.15) is 0 Å². The van der Waals surface area contributed by atoms with Crippen LogP contribution in [-0.2, 0) is 4.79 Å². The Morgan fingerprint density at radius 2 is 2.00 bits per heavy atom. The third-order valence-corrected chi connectivity index (χ3v) is 2.32. The van der Waals surface area contributed by atoms with Gasteiger partial charge in [-0.2, -0.15) is 0 Å². The number of nitrogens with one attached hydrogen (secondary N) is 2. The van der Waals surface area contributed by atoms with Crippen LogP contribution in [-0.4, -0.2) is 48.5 Å². The van der Waals surface area contributed by atoms with Crippen LogP contribution in [0.2, 0.25) is 0 Å². The lowest BCUT2D eigenvalue weighted by Crippen LogP contribution is -2.33. The minimum absolute atomic E-state index is 0.143. The Balaban J connectivity index is 3.15. The number of allylic oxidation sites excluding steroid dienone is 1. The molecule has 0 spiro atoms. The van der Waals surface area contributed by atoms with Crippen molar-refractivity contribution in [1.82, 2.24) is 10.6 Å². The molecule has 0 rings (SSSR count). The highest BCUT2D eigenvalue weighted by Gasteiger charge is 2.02. The molecule has 0 amide bonds. The van der Waals surface area contributed by atoms with Crippen molar-refractivity contribution in [3.63, 3.8) is 0 Å². The minimum atomic E-state index is -0.789. The van der Waals surface area contributed by atoms with Crippen LogP contribution in [0.4, 0.5) is 0 Å². The number of hydrogen-bond donors (Lipinski definition) is 4. The van der Waals surface area contributed by atoms with E-state index in [1.54, 1.807) is 0 Å². The highest BCUT2D eigenvalue weighted by atomic mass is 16.4. The zero-order valence-electron chi connectivity index (χ0n) is 10.3. The molecule has 0 fully saturated rings. The molecule has 1 atom stereocenters. The van der Waals surface area contributed by atoms with E-state index in [0.717, 1.165) is 25.8 Å². The summed E-state index contributed by atoms with van der Waals surface area (Å²) in [5, 5.41) is 24.1. The van der Waals surface area contributed by atoms with Crippen LogP contribution in [0.15, 0.2) is 12.7 Å². The molecule has 5 heteroatoms. The smallest absolute Gasteiger partial charge is 0.304 e. The molecular weight excluding hydrogens is 220 g/mol. The molecule has 0 aliphatic carbocycles. The molecule has 0 saturated heterocycles. The summed E-state index contributed by atoms with van der Waals surface area (Å²) in [5.74, 6) is -0.789. The number of hydrogen-bond acceptors (Lipinski definition) is 4. The van der Waals surface area contributed by atoms with Crippen LogP contribution in [0, 0.1) is 0 Å². The van der Waals surface area contributed by atoms with Crippen molar-refractivity contribution in [2.24, 2.45) is 0 Å². The lowest BCUT2D eigenvalue weighted by atomic mass is 10.1. The second-order valence-corrected chi connectivity index (χ2v) is 3.97. The molecule has 4 N–H and O–H groups in total. The second-order valence-electron chi connectivity index (χ2n) is 3.97. The summed E-state index contributed by atoms with van der Waals surface area (Å²) >= 11 is 0. The number of aliphatic carboxylic acids is 1. The van der Waals surface area contributed by atoms with E-state index in [2.05, 4.69) is 17.2 Å². The normalized spacial score (nSPS) is 12.3. The van der Waals surface area contributed by atoms with Crippen LogP contribution < -0.4 is 10.6 Å². The Kier molecular flexibility index (Phi) is 11.0. The van der Waals surface area contributed by atoms with E-state index in [1.807, 2.05) is 6.08 Å². The summed E-state index contributed by atoms with van der Waals surface area (Å²) in [6.45, 7) is 6.14. The van der Waals surface area contributed by atoms with Gasteiger partial charge < -0.3 is 20.8 Å². The highest BCUT2D eigenvalue weighted by Crippen LogP contribution is 1.99. The Labute approximate surface area is 103 Å². The maximum atomic E-state index is 10.2. The molecule has 100 valence electrons. The molecule has 17 heavy (non-hydrogen) atoms. The number of carboxylic acids is 1. The largest absolute Gasteiger partial charge is 0.481 e. The lowest BCUT2D eigenvalue weighted by Gasteiger charge is -2.11. The van der Waals surface area contributed by atoms with Gasteiger partial charge in [0.15, 0.2) is 0 Å². The fourth-order valence-electron chi connectivity index (χ4n) is 1.37. The molecule has 1 unspecified atom stereocenters.